The molecule has 0 spiro atoms. The fraction of sp³-hybridized carbons (Fsp3) is 0.167. The molecular formula is C24H20FN3O6S. The minimum absolute atomic E-state index is 0.0422. The summed E-state index contributed by atoms with van der Waals surface area (Å²) in [7, 11) is 2.92. The number of carbonyl (C=O) groups is 2. The number of methoxy groups -OCH3 is 2. The maximum atomic E-state index is 13.9. The zero-order valence-electron chi connectivity index (χ0n) is 19.0. The van der Waals surface area contributed by atoms with Gasteiger partial charge in [0.25, 0.3) is 11.5 Å². The van der Waals surface area contributed by atoms with Crippen molar-refractivity contribution >= 4 is 39.0 Å². The molecule has 2 aromatic heterocycles. The van der Waals surface area contributed by atoms with Gasteiger partial charge in [-0.15, -0.1) is 11.3 Å². The Morgan fingerprint density at radius 2 is 1.83 bits per heavy atom. The zero-order valence-corrected chi connectivity index (χ0v) is 19.8. The number of nitrogens with one attached hydrogen (secondary N) is 1. The number of amides is 1. The van der Waals surface area contributed by atoms with Crippen molar-refractivity contribution in [1.82, 2.24) is 9.78 Å². The lowest BCUT2D eigenvalue weighted by Crippen LogP contribution is -2.25. The van der Waals surface area contributed by atoms with Crippen molar-refractivity contribution < 1.29 is 28.2 Å². The normalized spacial score (nSPS) is 10.7. The molecule has 0 aliphatic carbocycles. The molecule has 4 aromatic rings. The first-order chi connectivity index (χ1) is 16.9. The number of anilines is 1. The van der Waals surface area contributed by atoms with Crippen LogP contribution in [0.15, 0.2) is 52.6 Å². The van der Waals surface area contributed by atoms with E-state index >= 15 is 0 Å². The first kappa shape index (κ1) is 23.9. The van der Waals surface area contributed by atoms with Crippen LogP contribution in [0.2, 0.25) is 0 Å². The van der Waals surface area contributed by atoms with Gasteiger partial charge in [0.15, 0.2) is 5.69 Å². The average Bonchev–Trinajstić information content (AvgIpc) is 3.28. The summed E-state index contributed by atoms with van der Waals surface area (Å²) in [6, 6.07) is 9.88. The van der Waals surface area contributed by atoms with Crippen molar-refractivity contribution in [3.63, 3.8) is 0 Å². The first-order valence-corrected chi connectivity index (χ1v) is 11.3. The molecule has 11 heteroatoms. The van der Waals surface area contributed by atoms with Crippen LogP contribution >= 0.6 is 11.3 Å². The van der Waals surface area contributed by atoms with Crippen molar-refractivity contribution in [1.29, 1.82) is 0 Å². The Bertz CT molecular complexity index is 1470. The topological polar surface area (TPSA) is 109 Å². The summed E-state index contributed by atoms with van der Waals surface area (Å²) in [5.41, 5.74) is -0.430. The molecule has 1 amide bonds. The molecule has 0 aliphatic rings. The van der Waals surface area contributed by atoms with Crippen LogP contribution in [0.1, 0.15) is 27.8 Å². The lowest BCUT2D eigenvalue weighted by molar-refractivity contribution is 0.0520. The Kier molecular flexibility index (Phi) is 6.78. The molecule has 0 saturated heterocycles. The number of esters is 1. The summed E-state index contributed by atoms with van der Waals surface area (Å²) in [6.07, 6.45) is 0. The molecule has 2 heterocycles. The van der Waals surface area contributed by atoms with Crippen LogP contribution < -0.4 is 20.3 Å². The van der Waals surface area contributed by atoms with Gasteiger partial charge in [-0.2, -0.15) is 9.78 Å². The second kappa shape index (κ2) is 9.94. The molecule has 4 rings (SSSR count). The lowest BCUT2D eigenvalue weighted by atomic mass is 10.1. The van der Waals surface area contributed by atoms with Gasteiger partial charge < -0.3 is 19.5 Å². The molecule has 0 aliphatic heterocycles. The summed E-state index contributed by atoms with van der Waals surface area (Å²) in [6.45, 7) is 1.73. The SMILES string of the molecule is CCOC(=O)c1nn(-c2cccc(F)c2)c(=O)c2c(NC(=O)c3cc(OC)cc(OC)c3)scc12. The van der Waals surface area contributed by atoms with E-state index in [1.54, 1.807) is 13.0 Å². The first-order valence-electron chi connectivity index (χ1n) is 10.4. The van der Waals surface area contributed by atoms with Crippen LogP contribution in [0, 0.1) is 5.82 Å². The predicted octanol–water partition coefficient (Wildman–Crippen LogP) is 4.03. The molecule has 0 atom stereocenters. The minimum atomic E-state index is -0.754. The summed E-state index contributed by atoms with van der Waals surface area (Å²) >= 11 is 1.05. The number of benzene rings is 2. The number of halogens is 1. The van der Waals surface area contributed by atoms with Crippen LogP contribution in [0.5, 0.6) is 11.5 Å². The molecule has 35 heavy (non-hydrogen) atoms. The number of aromatic nitrogens is 2. The van der Waals surface area contributed by atoms with Gasteiger partial charge in [0, 0.05) is 22.4 Å². The molecule has 2 aromatic carbocycles. The van der Waals surface area contributed by atoms with Gasteiger partial charge in [0.1, 0.15) is 22.3 Å². The molecule has 1 N–H and O–H groups in total. The molecular weight excluding hydrogens is 477 g/mol. The summed E-state index contributed by atoms with van der Waals surface area (Å²) in [5, 5.41) is 8.84. The summed E-state index contributed by atoms with van der Waals surface area (Å²) in [4.78, 5) is 39.1. The monoisotopic (exact) mass is 497 g/mol. The number of rotatable bonds is 7. The standard InChI is InChI=1S/C24H20FN3O6S/c1-4-34-24(31)20-18-12-35-22(26-21(29)13-8-16(32-2)11-17(9-13)33-3)19(18)23(30)28(27-20)15-7-5-6-14(25)10-15/h5-12H,4H2,1-3H3,(H,26,29). The van der Waals surface area contributed by atoms with E-state index in [2.05, 4.69) is 10.4 Å². The van der Waals surface area contributed by atoms with Crippen molar-refractivity contribution in [3.8, 4) is 17.2 Å². The Hall–Kier alpha value is -4.25. The van der Waals surface area contributed by atoms with E-state index in [4.69, 9.17) is 14.2 Å². The second-order valence-corrected chi connectivity index (χ2v) is 8.05. The fourth-order valence-corrected chi connectivity index (χ4v) is 4.32. The number of nitrogens with zero attached hydrogens (tertiary/aromatic N) is 2. The van der Waals surface area contributed by atoms with Gasteiger partial charge >= 0.3 is 5.97 Å². The van der Waals surface area contributed by atoms with Crippen molar-refractivity contribution in [3.05, 3.63) is 75.3 Å². The molecule has 0 fully saturated rings. The Labute approximate surface area is 202 Å². The maximum Gasteiger partial charge on any atom is 0.359 e. The number of carbonyl (C=O) groups excluding carboxylic acids is 2. The van der Waals surface area contributed by atoms with Gasteiger partial charge in [0.2, 0.25) is 0 Å². The summed E-state index contributed by atoms with van der Waals surface area (Å²) in [5.74, 6) is -1.05. The van der Waals surface area contributed by atoms with Crippen LogP contribution in [0.4, 0.5) is 9.39 Å². The van der Waals surface area contributed by atoms with E-state index in [-0.39, 0.29) is 39.3 Å². The third kappa shape index (κ3) is 4.71. The van der Waals surface area contributed by atoms with Crippen molar-refractivity contribution in [2.24, 2.45) is 0 Å². The van der Waals surface area contributed by atoms with Crippen LogP contribution in [-0.4, -0.2) is 42.5 Å². The quantitative estimate of drug-likeness (QED) is 0.384. The van der Waals surface area contributed by atoms with Crippen LogP contribution in [0.25, 0.3) is 16.5 Å². The van der Waals surface area contributed by atoms with Gasteiger partial charge in [-0.3, -0.25) is 9.59 Å². The highest BCUT2D eigenvalue weighted by atomic mass is 32.1. The highest BCUT2D eigenvalue weighted by Crippen LogP contribution is 2.32. The van der Waals surface area contributed by atoms with Gasteiger partial charge in [-0.05, 0) is 37.3 Å². The fourth-order valence-electron chi connectivity index (χ4n) is 3.39. The molecule has 0 radical (unpaired) electrons. The second-order valence-electron chi connectivity index (χ2n) is 7.17. The van der Waals surface area contributed by atoms with Crippen molar-refractivity contribution in [2.45, 2.75) is 6.92 Å². The number of hydrogen-bond acceptors (Lipinski definition) is 8. The smallest absolute Gasteiger partial charge is 0.359 e. The number of thiophene rings is 1. The van der Waals surface area contributed by atoms with E-state index in [0.29, 0.717) is 11.5 Å². The lowest BCUT2D eigenvalue weighted by Gasteiger charge is -2.11. The van der Waals surface area contributed by atoms with Crippen LogP contribution in [0.3, 0.4) is 0 Å². The van der Waals surface area contributed by atoms with E-state index < -0.39 is 23.3 Å². The number of ether oxygens (including phenoxy) is 3. The molecule has 0 saturated carbocycles. The minimum Gasteiger partial charge on any atom is -0.497 e. The third-order valence-corrected chi connectivity index (χ3v) is 5.91. The zero-order chi connectivity index (χ0) is 25.1. The Morgan fingerprint density at radius 1 is 1.11 bits per heavy atom. The van der Waals surface area contributed by atoms with Gasteiger partial charge in [0.05, 0.1) is 31.9 Å². The molecule has 180 valence electrons. The molecule has 9 nitrogen and oxygen atoms in total. The number of fused-ring (bicyclic) bond motifs is 1. The Balaban J connectivity index is 1.86. The highest BCUT2D eigenvalue weighted by Gasteiger charge is 2.24. The average molecular weight is 498 g/mol. The molecule has 0 unspecified atom stereocenters. The third-order valence-electron chi connectivity index (χ3n) is 5.01. The summed E-state index contributed by atoms with van der Waals surface area (Å²) < 4.78 is 30.3. The van der Waals surface area contributed by atoms with Gasteiger partial charge in [-0.25, -0.2) is 9.18 Å². The highest BCUT2D eigenvalue weighted by molar-refractivity contribution is 7.16. The van der Waals surface area contributed by atoms with E-state index in [0.717, 1.165) is 22.1 Å². The van der Waals surface area contributed by atoms with E-state index in [9.17, 15) is 18.8 Å². The van der Waals surface area contributed by atoms with Gasteiger partial charge in [-0.1, -0.05) is 6.07 Å². The van der Waals surface area contributed by atoms with E-state index in [1.807, 2.05) is 0 Å². The number of hydrogen-bond donors (Lipinski definition) is 1. The maximum absolute atomic E-state index is 13.9. The largest absolute Gasteiger partial charge is 0.497 e. The van der Waals surface area contributed by atoms with Crippen LogP contribution in [-0.2, 0) is 4.74 Å². The Morgan fingerprint density at radius 3 is 2.46 bits per heavy atom. The predicted molar refractivity (Wildman–Crippen MR) is 129 cm³/mol. The molecule has 0 bridgehead atoms. The van der Waals surface area contributed by atoms with Crippen molar-refractivity contribution in [2.75, 3.05) is 26.1 Å². The van der Waals surface area contributed by atoms with E-state index in [1.165, 1.54) is 49.9 Å².